The Morgan fingerprint density at radius 1 is 1.33 bits per heavy atom. The van der Waals surface area contributed by atoms with Crippen molar-refractivity contribution in [2.24, 2.45) is 0 Å². The Hall–Kier alpha value is -1.36. The topological polar surface area (TPSA) is 61.8 Å². The van der Waals surface area contributed by atoms with Crippen LogP contribution in [0.25, 0.3) is 0 Å². The zero-order chi connectivity index (χ0) is 11.3. The van der Waals surface area contributed by atoms with Crippen LogP contribution in [0.4, 0.5) is 0 Å². The average molecular weight is 214 g/mol. The van der Waals surface area contributed by atoms with E-state index in [1.165, 1.54) is 14.2 Å². The van der Waals surface area contributed by atoms with E-state index in [2.05, 4.69) is 9.47 Å². The number of rotatable bonds is 3. The van der Waals surface area contributed by atoms with E-state index < -0.39 is 11.9 Å². The van der Waals surface area contributed by atoms with Crippen LogP contribution in [0.15, 0.2) is 11.6 Å². The first kappa shape index (κ1) is 11.7. The summed E-state index contributed by atoms with van der Waals surface area (Å²) < 4.78 is 14.3. The van der Waals surface area contributed by atoms with Gasteiger partial charge in [-0.2, -0.15) is 0 Å². The predicted molar refractivity (Wildman–Crippen MR) is 51.1 cm³/mol. The molecule has 0 bridgehead atoms. The van der Waals surface area contributed by atoms with E-state index in [0.717, 1.165) is 18.9 Å². The van der Waals surface area contributed by atoms with E-state index in [1.54, 1.807) is 0 Å². The van der Waals surface area contributed by atoms with Gasteiger partial charge in [0.2, 0.25) is 0 Å². The molecule has 1 aliphatic heterocycles. The Kier molecular flexibility index (Phi) is 4.30. The third kappa shape index (κ3) is 3.06. The molecule has 0 saturated carbocycles. The molecule has 0 aromatic rings. The van der Waals surface area contributed by atoms with Gasteiger partial charge in [-0.3, -0.25) is 0 Å². The summed E-state index contributed by atoms with van der Waals surface area (Å²) in [6.45, 7) is 0.597. The second-order valence-electron chi connectivity index (χ2n) is 3.12. The molecule has 5 nitrogen and oxygen atoms in total. The Morgan fingerprint density at radius 2 is 2.07 bits per heavy atom. The first-order valence-corrected chi connectivity index (χ1v) is 4.68. The summed E-state index contributed by atoms with van der Waals surface area (Å²) in [6, 6.07) is 0. The van der Waals surface area contributed by atoms with Gasteiger partial charge in [-0.25, -0.2) is 9.59 Å². The fourth-order valence-electron chi connectivity index (χ4n) is 1.41. The van der Waals surface area contributed by atoms with Crippen LogP contribution in [0.3, 0.4) is 0 Å². The SMILES string of the molecule is COC(=O)/C=C(/C(=O)OC)C1CCCO1. The molecule has 0 aromatic heterocycles. The second kappa shape index (κ2) is 5.50. The molecule has 1 rings (SSSR count). The molecule has 1 atom stereocenters. The van der Waals surface area contributed by atoms with E-state index in [1.807, 2.05) is 0 Å². The number of carbonyl (C=O) groups excluding carboxylic acids is 2. The van der Waals surface area contributed by atoms with Crippen molar-refractivity contribution in [1.29, 1.82) is 0 Å². The van der Waals surface area contributed by atoms with Gasteiger partial charge in [0.25, 0.3) is 0 Å². The smallest absolute Gasteiger partial charge is 0.336 e. The van der Waals surface area contributed by atoms with E-state index in [-0.39, 0.29) is 11.7 Å². The van der Waals surface area contributed by atoms with Gasteiger partial charge < -0.3 is 14.2 Å². The molecule has 1 aliphatic rings. The lowest BCUT2D eigenvalue weighted by Crippen LogP contribution is -2.20. The van der Waals surface area contributed by atoms with Crippen LogP contribution in [0.1, 0.15) is 12.8 Å². The van der Waals surface area contributed by atoms with Crippen molar-refractivity contribution in [2.45, 2.75) is 18.9 Å². The average Bonchev–Trinajstić information content (AvgIpc) is 2.77. The Morgan fingerprint density at radius 3 is 2.53 bits per heavy atom. The highest BCUT2D eigenvalue weighted by Gasteiger charge is 2.26. The van der Waals surface area contributed by atoms with Gasteiger partial charge in [-0.15, -0.1) is 0 Å². The minimum Gasteiger partial charge on any atom is -0.466 e. The standard InChI is InChI=1S/C10H14O5/c1-13-9(11)6-7(10(12)14-2)8-4-3-5-15-8/h6,8H,3-5H2,1-2H3/b7-6+. The quantitative estimate of drug-likeness (QED) is 0.504. The Balaban J connectivity index is 2.81. The summed E-state index contributed by atoms with van der Waals surface area (Å²) in [5.41, 5.74) is 0.224. The van der Waals surface area contributed by atoms with Gasteiger partial charge >= 0.3 is 11.9 Å². The molecule has 0 spiro atoms. The lowest BCUT2D eigenvalue weighted by atomic mass is 10.1. The van der Waals surface area contributed by atoms with Gasteiger partial charge in [0, 0.05) is 12.7 Å². The van der Waals surface area contributed by atoms with Crippen molar-refractivity contribution >= 4 is 11.9 Å². The molecule has 15 heavy (non-hydrogen) atoms. The predicted octanol–water partition coefficient (Wildman–Crippen LogP) is 0.438. The van der Waals surface area contributed by atoms with Crippen molar-refractivity contribution in [3.05, 3.63) is 11.6 Å². The molecule has 0 aliphatic carbocycles. The number of esters is 2. The highest BCUT2D eigenvalue weighted by atomic mass is 16.5. The summed E-state index contributed by atoms with van der Waals surface area (Å²) in [4.78, 5) is 22.4. The highest BCUT2D eigenvalue weighted by Crippen LogP contribution is 2.20. The highest BCUT2D eigenvalue weighted by molar-refractivity contribution is 5.97. The second-order valence-corrected chi connectivity index (χ2v) is 3.12. The maximum atomic E-state index is 11.4. The zero-order valence-corrected chi connectivity index (χ0v) is 8.82. The van der Waals surface area contributed by atoms with Crippen molar-refractivity contribution in [1.82, 2.24) is 0 Å². The molecule has 84 valence electrons. The Labute approximate surface area is 88.0 Å². The summed E-state index contributed by atoms with van der Waals surface area (Å²) >= 11 is 0. The molecule has 1 saturated heterocycles. The largest absolute Gasteiger partial charge is 0.466 e. The minimum atomic E-state index is -0.578. The molecule has 1 heterocycles. The maximum Gasteiger partial charge on any atom is 0.336 e. The van der Waals surface area contributed by atoms with E-state index in [4.69, 9.17) is 4.74 Å². The van der Waals surface area contributed by atoms with Crippen molar-refractivity contribution in [3.8, 4) is 0 Å². The lowest BCUT2D eigenvalue weighted by Gasteiger charge is -2.11. The number of methoxy groups -OCH3 is 2. The van der Waals surface area contributed by atoms with Crippen LogP contribution >= 0.6 is 0 Å². The van der Waals surface area contributed by atoms with Crippen LogP contribution in [0, 0.1) is 0 Å². The molecule has 0 aromatic carbocycles. The molecular weight excluding hydrogens is 200 g/mol. The summed E-state index contributed by atoms with van der Waals surface area (Å²) in [5.74, 6) is -1.13. The van der Waals surface area contributed by atoms with Gasteiger partial charge in [0.1, 0.15) is 0 Å². The number of carbonyl (C=O) groups is 2. The first-order valence-electron chi connectivity index (χ1n) is 4.68. The fraction of sp³-hybridized carbons (Fsp3) is 0.600. The zero-order valence-electron chi connectivity index (χ0n) is 8.82. The molecule has 0 radical (unpaired) electrons. The summed E-state index contributed by atoms with van der Waals surface area (Å²) in [6.07, 6.45) is 2.37. The molecule has 5 heteroatoms. The van der Waals surface area contributed by atoms with Crippen LogP contribution in [-0.4, -0.2) is 38.9 Å². The van der Waals surface area contributed by atoms with E-state index in [0.29, 0.717) is 6.61 Å². The Bertz CT molecular complexity index is 276. The molecule has 0 N–H and O–H groups in total. The number of hydrogen-bond acceptors (Lipinski definition) is 5. The van der Waals surface area contributed by atoms with Crippen LogP contribution in [0.2, 0.25) is 0 Å². The fourth-order valence-corrected chi connectivity index (χ4v) is 1.41. The van der Waals surface area contributed by atoms with E-state index >= 15 is 0 Å². The normalized spacial score (nSPS) is 21.2. The third-order valence-electron chi connectivity index (χ3n) is 2.17. The number of ether oxygens (including phenoxy) is 3. The lowest BCUT2D eigenvalue weighted by molar-refractivity contribution is -0.139. The van der Waals surface area contributed by atoms with Gasteiger partial charge in [-0.05, 0) is 12.8 Å². The molecule has 1 unspecified atom stereocenters. The van der Waals surface area contributed by atoms with Crippen molar-refractivity contribution < 1.29 is 23.8 Å². The van der Waals surface area contributed by atoms with Crippen LogP contribution in [-0.2, 0) is 23.8 Å². The van der Waals surface area contributed by atoms with Crippen LogP contribution in [0.5, 0.6) is 0 Å². The molecular formula is C10H14O5. The van der Waals surface area contributed by atoms with Crippen LogP contribution < -0.4 is 0 Å². The van der Waals surface area contributed by atoms with E-state index in [9.17, 15) is 9.59 Å². The molecule has 0 amide bonds. The maximum absolute atomic E-state index is 11.4. The summed E-state index contributed by atoms with van der Waals surface area (Å²) in [5, 5.41) is 0. The summed E-state index contributed by atoms with van der Waals surface area (Å²) in [7, 11) is 2.52. The monoisotopic (exact) mass is 214 g/mol. The third-order valence-corrected chi connectivity index (χ3v) is 2.17. The van der Waals surface area contributed by atoms with Crippen molar-refractivity contribution in [2.75, 3.05) is 20.8 Å². The first-order chi connectivity index (χ1) is 7.19. The minimum absolute atomic E-state index is 0.224. The number of hydrogen-bond donors (Lipinski definition) is 0. The van der Waals surface area contributed by atoms with Gasteiger partial charge in [0.05, 0.1) is 25.9 Å². The van der Waals surface area contributed by atoms with Crippen molar-refractivity contribution in [3.63, 3.8) is 0 Å². The van der Waals surface area contributed by atoms with Gasteiger partial charge in [0.15, 0.2) is 0 Å². The molecule has 1 fully saturated rings. The van der Waals surface area contributed by atoms with Gasteiger partial charge in [-0.1, -0.05) is 0 Å².